The minimum atomic E-state index is 0.0858. The van der Waals surface area contributed by atoms with Crippen LogP contribution in [0.3, 0.4) is 0 Å². The van der Waals surface area contributed by atoms with Crippen molar-refractivity contribution in [1.82, 2.24) is 10.2 Å². The van der Waals surface area contributed by atoms with Gasteiger partial charge in [-0.15, -0.1) is 0 Å². The second kappa shape index (κ2) is 9.43. The Balaban J connectivity index is 1.32. The average molecular weight is 549 g/mol. The Morgan fingerprint density at radius 2 is 1.63 bits per heavy atom. The number of phenolic OH excluding ortho intramolecular Hbond substituents is 1. The Bertz CT molecular complexity index is 1680. The van der Waals surface area contributed by atoms with Crippen LogP contribution in [0.2, 0.25) is 0 Å². The first-order valence-electron chi connectivity index (χ1n) is 14.3. The number of hydrogen-bond acceptors (Lipinski definition) is 7. The third-order valence-electron chi connectivity index (χ3n) is 8.98. The van der Waals surface area contributed by atoms with E-state index in [1.165, 1.54) is 22.3 Å². The number of nitrogens with zero attached hydrogens (tertiary/aromatic N) is 1. The van der Waals surface area contributed by atoms with E-state index in [2.05, 4.69) is 47.6 Å². The lowest BCUT2D eigenvalue weighted by molar-refractivity contribution is 0.220. The van der Waals surface area contributed by atoms with Crippen LogP contribution in [0.4, 0.5) is 0 Å². The number of rotatable bonds is 1. The molecule has 0 saturated carbocycles. The summed E-state index contributed by atoms with van der Waals surface area (Å²) in [7, 11) is 3.87. The molecule has 7 bridgehead atoms. The molecule has 0 unspecified atom stereocenters. The fourth-order valence-electron chi connectivity index (χ4n) is 6.79. The van der Waals surface area contributed by atoms with E-state index in [9.17, 15) is 5.11 Å². The molecule has 0 saturated heterocycles. The highest BCUT2D eigenvalue weighted by molar-refractivity contribution is 5.67. The van der Waals surface area contributed by atoms with Gasteiger partial charge < -0.3 is 29.4 Å². The van der Waals surface area contributed by atoms with Gasteiger partial charge in [-0.05, 0) is 110 Å². The fraction of sp³-hybridized carbons (Fsp3) is 0.294. The van der Waals surface area contributed by atoms with Gasteiger partial charge in [0.25, 0.3) is 0 Å². The zero-order chi connectivity index (χ0) is 27.7. The minimum absolute atomic E-state index is 0.0858. The van der Waals surface area contributed by atoms with Crippen molar-refractivity contribution in [1.29, 1.82) is 0 Å². The molecule has 41 heavy (non-hydrogen) atoms. The summed E-state index contributed by atoms with van der Waals surface area (Å²) in [6, 6.07) is 20.4. The van der Waals surface area contributed by atoms with E-state index in [0.29, 0.717) is 23.0 Å². The third kappa shape index (κ3) is 4.11. The van der Waals surface area contributed by atoms with Crippen LogP contribution >= 0.6 is 0 Å². The van der Waals surface area contributed by atoms with E-state index < -0.39 is 0 Å². The van der Waals surface area contributed by atoms with E-state index in [0.717, 1.165) is 67.1 Å². The van der Waals surface area contributed by atoms with Gasteiger partial charge in [-0.2, -0.15) is 0 Å². The maximum absolute atomic E-state index is 10.6. The van der Waals surface area contributed by atoms with E-state index in [-0.39, 0.29) is 17.8 Å². The minimum Gasteiger partial charge on any atom is -0.504 e. The summed E-state index contributed by atoms with van der Waals surface area (Å²) in [5, 5.41) is 14.3. The predicted molar refractivity (Wildman–Crippen MR) is 155 cm³/mol. The molecule has 0 amide bonds. The first-order valence-corrected chi connectivity index (χ1v) is 14.3. The van der Waals surface area contributed by atoms with Crippen LogP contribution in [0.5, 0.6) is 46.0 Å². The maximum Gasteiger partial charge on any atom is 0.212 e. The Hall–Kier alpha value is -4.20. The van der Waals surface area contributed by atoms with Gasteiger partial charge in [0.2, 0.25) is 5.75 Å². The molecule has 4 aromatic carbocycles. The number of hydrogen-bond donors (Lipinski definition) is 2. The second-order valence-electron chi connectivity index (χ2n) is 11.5. The predicted octanol–water partition coefficient (Wildman–Crippen LogP) is 6.61. The van der Waals surface area contributed by atoms with Crippen molar-refractivity contribution in [2.75, 3.05) is 27.2 Å². The monoisotopic (exact) mass is 548 g/mol. The number of nitrogens with one attached hydrogen (secondary N) is 1. The molecule has 5 aliphatic rings. The van der Waals surface area contributed by atoms with Crippen molar-refractivity contribution in [3.05, 3.63) is 94.0 Å². The number of methoxy groups -OCH3 is 1. The summed E-state index contributed by atoms with van der Waals surface area (Å²) < 4.78 is 25.5. The number of benzene rings is 4. The van der Waals surface area contributed by atoms with Crippen molar-refractivity contribution in [3.63, 3.8) is 0 Å². The molecule has 0 fully saturated rings. The van der Waals surface area contributed by atoms with E-state index in [4.69, 9.17) is 18.9 Å². The number of phenols is 1. The summed E-state index contributed by atoms with van der Waals surface area (Å²) in [6.07, 6.45) is 3.36. The second-order valence-corrected chi connectivity index (χ2v) is 11.5. The smallest absolute Gasteiger partial charge is 0.212 e. The molecule has 0 aliphatic carbocycles. The lowest BCUT2D eigenvalue weighted by Crippen LogP contribution is -2.34. The van der Waals surface area contributed by atoms with Gasteiger partial charge >= 0.3 is 0 Å². The molecule has 0 radical (unpaired) electrons. The number of ether oxygens (including phenoxy) is 4. The van der Waals surface area contributed by atoms with E-state index >= 15 is 0 Å². The zero-order valence-corrected chi connectivity index (χ0v) is 23.2. The van der Waals surface area contributed by atoms with Crippen LogP contribution in [0, 0.1) is 0 Å². The van der Waals surface area contributed by atoms with Gasteiger partial charge in [0, 0.05) is 24.2 Å². The van der Waals surface area contributed by atoms with Gasteiger partial charge in [-0.1, -0.05) is 18.2 Å². The molecule has 9 rings (SSSR count). The average Bonchev–Trinajstić information content (AvgIpc) is 2.98. The SMILES string of the molecule is COc1cc2c3c4c1Oc1cc5c(cc1O4)[C@@H](Cc1ccc(O)c(c1)Oc1ccc(cc1)C[C@@H]3N(C)CC2)NCC5. The normalized spacial score (nSPS) is 20.3. The molecule has 5 heterocycles. The van der Waals surface area contributed by atoms with E-state index in [1.807, 2.05) is 24.3 Å². The van der Waals surface area contributed by atoms with Gasteiger partial charge in [-0.3, -0.25) is 4.90 Å². The molecule has 208 valence electrons. The summed E-state index contributed by atoms with van der Waals surface area (Å²) in [4.78, 5) is 2.40. The van der Waals surface area contributed by atoms with Crippen LogP contribution < -0.4 is 24.3 Å². The van der Waals surface area contributed by atoms with Gasteiger partial charge in [-0.25, -0.2) is 0 Å². The van der Waals surface area contributed by atoms with Gasteiger partial charge in [0.05, 0.1) is 7.11 Å². The Morgan fingerprint density at radius 3 is 2.49 bits per heavy atom. The quantitative estimate of drug-likeness (QED) is 0.244. The van der Waals surface area contributed by atoms with Crippen LogP contribution in [-0.2, 0) is 25.7 Å². The van der Waals surface area contributed by atoms with Crippen molar-refractivity contribution in [3.8, 4) is 46.0 Å². The van der Waals surface area contributed by atoms with Gasteiger partial charge in [0.1, 0.15) is 5.75 Å². The Kier molecular flexibility index (Phi) is 5.66. The molecule has 0 aromatic heterocycles. The zero-order valence-electron chi connectivity index (χ0n) is 23.2. The fourth-order valence-corrected chi connectivity index (χ4v) is 6.79. The van der Waals surface area contributed by atoms with Crippen molar-refractivity contribution < 1.29 is 24.1 Å². The number of aromatic hydroxyl groups is 1. The Labute approximate surface area is 239 Å². The summed E-state index contributed by atoms with van der Waals surface area (Å²) in [6.45, 7) is 1.81. The molecule has 2 atom stereocenters. The van der Waals surface area contributed by atoms with Gasteiger partial charge in [0.15, 0.2) is 34.5 Å². The topological polar surface area (TPSA) is 72.4 Å². The first kappa shape index (κ1) is 24.6. The summed E-state index contributed by atoms with van der Waals surface area (Å²) in [5.41, 5.74) is 7.11. The first-order chi connectivity index (χ1) is 20.0. The molecule has 2 N–H and O–H groups in total. The summed E-state index contributed by atoms with van der Waals surface area (Å²) >= 11 is 0. The van der Waals surface area contributed by atoms with Crippen LogP contribution in [0.25, 0.3) is 0 Å². The van der Waals surface area contributed by atoms with Crippen molar-refractivity contribution in [2.24, 2.45) is 0 Å². The lowest BCUT2D eigenvalue weighted by Gasteiger charge is -2.38. The van der Waals surface area contributed by atoms with Crippen LogP contribution in [-0.4, -0.2) is 37.3 Å². The highest BCUT2D eigenvalue weighted by atomic mass is 16.6. The molecule has 4 aromatic rings. The maximum atomic E-state index is 10.6. The van der Waals surface area contributed by atoms with E-state index in [1.54, 1.807) is 13.2 Å². The van der Waals surface area contributed by atoms with Crippen molar-refractivity contribution >= 4 is 0 Å². The Morgan fingerprint density at radius 1 is 0.829 bits per heavy atom. The largest absolute Gasteiger partial charge is 0.504 e. The molecular weight excluding hydrogens is 516 g/mol. The highest BCUT2D eigenvalue weighted by Gasteiger charge is 2.36. The third-order valence-corrected chi connectivity index (χ3v) is 8.98. The number of fused-ring (bicyclic) bond motifs is 2. The molecule has 0 spiro atoms. The molecule has 5 aliphatic heterocycles. The molecular formula is C34H32N2O5. The lowest BCUT2D eigenvalue weighted by atomic mass is 9.87. The number of likely N-dealkylation sites (N-methyl/N-ethyl adjacent to an activating group) is 1. The highest BCUT2D eigenvalue weighted by Crippen LogP contribution is 2.56. The standard InChI is InChI=1S/C34H32N2O5/c1-36-12-10-22-17-31(38-2)33-34-32(22)26(36)14-19-3-6-23(7-4-19)39-28-15-20(5-8-27(28)37)13-25-24-18-30(41-34)29(40-33)16-21(24)9-11-35-25/h3-8,15-18,25-26,35,37H,9-14H2,1-2H3/t25-,26+/m1/s1. The van der Waals surface area contributed by atoms with Crippen LogP contribution in [0.1, 0.15) is 45.5 Å². The van der Waals surface area contributed by atoms with Crippen molar-refractivity contribution in [2.45, 2.75) is 37.8 Å². The molecule has 7 nitrogen and oxygen atoms in total. The van der Waals surface area contributed by atoms with Crippen LogP contribution in [0.15, 0.2) is 60.7 Å². The molecule has 7 heteroatoms. The summed E-state index contributed by atoms with van der Waals surface area (Å²) in [5.74, 6) is 4.85.